The molecule has 0 fully saturated rings. The number of halogens is 1. The topological polar surface area (TPSA) is 114 Å². The number of methoxy groups -OCH3 is 3. The van der Waals surface area contributed by atoms with E-state index in [-0.39, 0.29) is 36.2 Å². The summed E-state index contributed by atoms with van der Waals surface area (Å²) in [7, 11) is 4.12. The molecule has 0 saturated heterocycles. The van der Waals surface area contributed by atoms with Gasteiger partial charge in [0.05, 0.1) is 39.4 Å². The van der Waals surface area contributed by atoms with Crippen LogP contribution < -0.4 is 24.4 Å². The van der Waals surface area contributed by atoms with Crippen LogP contribution in [0, 0.1) is 0 Å². The zero-order chi connectivity index (χ0) is 25.8. The Morgan fingerprint density at radius 1 is 1.11 bits per heavy atom. The fourth-order valence-corrected chi connectivity index (χ4v) is 4.70. The molecule has 4 rings (SSSR count). The summed E-state index contributed by atoms with van der Waals surface area (Å²) >= 11 is 7.36. The summed E-state index contributed by atoms with van der Waals surface area (Å²) < 4.78 is 33.0. The lowest BCUT2D eigenvalue weighted by atomic mass is 9.90. The molecule has 0 radical (unpaired) electrons. The third-order valence-electron chi connectivity index (χ3n) is 5.50. The van der Waals surface area contributed by atoms with Crippen molar-refractivity contribution in [1.82, 2.24) is 0 Å². The molecular formula is C25H23ClO9S. The van der Waals surface area contributed by atoms with Crippen molar-refractivity contribution < 1.29 is 38.0 Å². The smallest absolute Gasteiger partial charge is 0.306 e. The van der Waals surface area contributed by atoms with Crippen LogP contribution in [0.2, 0.25) is 5.02 Å². The van der Waals surface area contributed by atoms with Crippen LogP contribution in [0.1, 0.15) is 29.4 Å². The largest absolute Gasteiger partial charge is 0.502 e. The second-order valence-corrected chi connectivity index (χ2v) is 9.12. The quantitative estimate of drug-likeness (QED) is 0.305. The fraction of sp³-hybridized carbons (Fsp3) is 0.280. The standard InChI is InChI=1S/C25H23ClO9S/c1-30-19-9-16(23(32-3)25-24(19)33-12-34-25)17(10-20(28)31-2)22-21(29)18(27)8-14(35-22)11-36-15-6-4-13(26)5-7-15/h4-9,17,29H,10-12H2,1-3H3. The van der Waals surface area contributed by atoms with Crippen molar-refractivity contribution in [2.75, 3.05) is 28.1 Å². The first-order valence-electron chi connectivity index (χ1n) is 10.7. The predicted octanol–water partition coefficient (Wildman–Crippen LogP) is 4.73. The maximum absolute atomic E-state index is 12.7. The Kier molecular flexibility index (Phi) is 7.85. The molecule has 2 heterocycles. The van der Waals surface area contributed by atoms with Gasteiger partial charge in [0.1, 0.15) is 5.76 Å². The zero-order valence-corrected chi connectivity index (χ0v) is 21.2. The Balaban J connectivity index is 1.81. The average Bonchev–Trinajstić information content (AvgIpc) is 3.38. The predicted molar refractivity (Wildman–Crippen MR) is 132 cm³/mol. The van der Waals surface area contributed by atoms with Gasteiger partial charge in [-0.2, -0.15) is 0 Å². The molecular weight excluding hydrogens is 512 g/mol. The molecule has 1 aliphatic rings. The van der Waals surface area contributed by atoms with Crippen LogP contribution in [0.4, 0.5) is 0 Å². The number of hydrogen-bond acceptors (Lipinski definition) is 10. The number of carbonyl (C=O) groups excluding carboxylic acids is 1. The van der Waals surface area contributed by atoms with Crippen molar-refractivity contribution >= 4 is 29.3 Å². The number of esters is 1. The SMILES string of the molecule is COC(=O)CC(c1cc(OC)c2c(c1OC)OCO2)c1oc(CSc2ccc(Cl)cc2)cc(=O)c1O. The molecule has 0 aliphatic carbocycles. The van der Waals surface area contributed by atoms with Crippen molar-refractivity contribution in [3.05, 3.63) is 68.7 Å². The molecule has 2 aromatic carbocycles. The summed E-state index contributed by atoms with van der Waals surface area (Å²) in [6.07, 6.45) is -0.264. The van der Waals surface area contributed by atoms with E-state index < -0.39 is 23.1 Å². The van der Waals surface area contributed by atoms with Crippen LogP contribution in [0.15, 0.2) is 50.5 Å². The van der Waals surface area contributed by atoms with Crippen LogP contribution in [-0.2, 0) is 15.3 Å². The normalized spacial score (nSPS) is 12.8. The van der Waals surface area contributed by atoms with Gasteiger partial charge in [-0.25, -0.2) is 0 Å². The highest BCUT2D eigenvalue weighted by Gasteiger charge is 2.35. The molecule has 1 unspecified atom stereocenters. The fourth-order valence-electron chi connectivity index (χ4n) is 3.80. The maximum Gasteiger partial charge on any atom is 0.306 e. The van der Waals surface area contributed by atoms with Crippen molar-refractivity contribution in [3.8, 4) is 28.7 Å². The summed E-state index contributed by atoms with van der Waals surface area (Å²) in [6.45, 7) is -0.0507. The van der Waals surface area contributed by atoms with Gasteiger partial charge in [-0.1, -0.05) is 11.6 Å². The summed E-state index contributed by atoms with van der Waals surface area (Å²) in [4.78, 5) is 26.0. The molecule has 36 heavy (non-hydrogen) atoms. The first kappa shape index (κ1) is 25.6. The Labute approximate surface area is 215 Å². The number of thioether (sulfide) groups is 1. The lowest BCUT2D eigenvalue weighted by Gasteiger charge is -2.21. The monoisotopic (exact) mass is 534 g/mol. The van der Waals surface area contributed by atoms with E-state index in [0.717, 1.165) is 4.90 Å². The highest BCUT2D eigenvalue weighted by atomic mass is 35.5. The summed E-state index contributed by atoms with van der Waals surface area (Å²) in [5.74, 6) is -0.519. The van der Waals surface area contributed by atoms with Gasteiger partial charge < -0.3 is 33.2 Å². The molecule has 3 aromatic rings. The molecule has 1 aliphatic heterocycles. The van der Waals surface area contributed by atoms with Gasteiger partial charge in [0, 0.05) is 21.5 Å². The Morgan fingerprint density at radius 2 is 1.83 bits per heavy atom. The average molecular weight is 535 g/mol. The van der Waals surface area contributed by atoms with Gasteiger partial charge in [0.25, 0.3) is 0 Å². The zero-order valence-electron chi connectivity index (χ0n) is 19.7. The Morgan fingerprint density at radius 3 is 2.50 bits per heavy atom. The maximum atomic E-state index is 12.7. The highest BCUT2D eigenvalue weighted by molar-refractivity contribution is 7.98. The van der Waals surface area contributed by atoms with E-state index in [2.05, 4.69) is 0 Å². The minimum absolute atomic E-state index is 0.0507. The second kappa shape index (κ2) is 11.0. The number of hydrogen-bond donors (Lipinski definition) is 1. The minimum Gasteiger partial charge on any atom is -0.502 e. The van der Waals surface area contributed by atoms with Crippen LogP contribution in [0.5, 0.6) is 28.7 Å². The van der Waals surface area contributed by atoms with Gasteiger partial charge in [-0.05, 0) is 30.3 Å². The van der Waals surface area contributed by atoms with E-state index in [1.807, 2.05) is 12.1 Å². The molecule has 0 saturated carbocycles. The third-order valence-corrected chi connectivity index (χ3v) is 6.79. The molecule has 0 bridgehead atoms. The molecule has 0 amide bonds. The number of benzene rings is 2. The molecule has 1 atom stereocenters. The summed E-state index contributed by atoms with van der Waals surface area (Å²) in [5.41, 5.74) is -0.269. The van der Waals surface area contributed by atoms with Gasteiger partial charge in [-0.3, -0.25) is 9.59 Å². The molecule has 0 spiro atoms. The molecule has 190 valence electrons. The van der Waals surface area contributed by atoms with Gasteiger partial charge in [0.2, 0.25) is 29.5 Å². The molecule has 1 N–H and O–H groups in total. The van der Waals surface area contributed by atoms with E-state index in [9.17, 15) is 14.7 Å². The van der Waals surface area contributed by atoms with Crippen molar-refractivity contribution in [1.29, 1.82) is 0 Å². The Hall–Kier alpha value is -3.50. The van der Waals surface area contributed by atoms with E-state index in [4.69, 9.17) is 39.7 Å². The first-order valence-corrected chi connectivity index (χ1v) is 12.1. The van der Waals surface area contributed by atoms with Crippen molar-refractivity contribution in [2.45, 2.75) is 23.0 Å². The van der Waals surface area contributed by atoms with E-state index in [0.29, 0.717) is 27.8 Å². The third kappa shape index (κ3) is 5.19. The number of rotatable bonds is 9. The molecule has 11 heteroatoms. The second-order valence-electron chi connectivity index (χ2n) is 7.63. The van der Waals surface area contributed by atoms with Gasteiger partial charge >= 0.3 is 5.97 Å². The number of ether oxygens (including phenoxy) is 5. The van der Waals surface area contributed by atoms with Crippen molar-refractivity contribution in [2.24, 2.45) is 0 Å². The van der Waals surface area contributed by atoms with Crippen molar-refractivity contribution in [3.63, 3.8) is 0 Å². The number of aromatic hydroxyl groups is 1. The molecule has 9 nitrogen and oxygen atoms in total. The van der Waals surface area contributed by atoms with E-state index >= 15 is 0 Å². The highest BCUT2D eigenvalue weighted by Crippen LogP contribution is 2.53. The van der Waals surface area contributed by atoms with Gasteiger partial charge in [0.15, 0.2) is 17.3 Å². The number of fused-ring (bicyclic) bond motifs is 1. The van der Waals surface area contributed by atoms with Crippen LogP contribution in [0.25, 0.3) is 0 Å². The minimum atomic E-state index is -0.969. The molecule has 1 aromatic heterocycles. The summed E-state index contributed by atoms with van der Waals surface area (Å²) in [5, 5.41) is 11.3. The number of carbonyl (C=O) groups is 1. The van der Waals surface area contributed by atoms with Crippen LogP contribution in [-0.4, -0.2) is 39.2 Å². The van der Waals surface area contributed by atoms with Gasteiger partial charge in [-0.15, -0.1) is 11.8 Å². The first-order chi connectivity index (χ1) is 17.4. The van der Waals surface area contributed by atoms with Crippen LogP contribution in [0.3, 0.4) is 0 Å². The lowest BCUT2D eigenvalue weighted by molar-refractivity contribution is -0.140. The summed E-state index contributed by atoms with van der Waals surface area (Å²) in [6, 6.07) is 10.0. The van der Waals surface area contributed by atoms with Crippen LogP contribution >= 0.6 is 23.4 Å². The van der Waals surface area contributed by atoms with E-state index in [1.165, 1.54) is 39.2 Å². The Bertz CT molecular complexity index is 1320. The van der Waals surface area contributed by atoms with E-state index in [1.54, 1.807) is 18.2 Å². The lowest BCUT2D eigenvalue weighted by Crippen LogP contribution is -2.15.